The van der Waals surface area contributed by atoms with E-state index in [1.54, 1.807) is 7.11 Å². The number of aliphatic imine (C=N–C) groups is 1. The van der Waals surface area contributed by atoms with Crippen molar-refractivity contribution in [1.82, 2.24) is 15.5 Å². The number of halogens is 2. The number of methoxy groups -OCH3 is 1. The minimum atomic E-state index is -0.220. The fourth-order valence-electron chi connectivity index (χ4n) is 3.74. The lowest BCUT2D eigenvalue weighted by Gasteiger charge is -2.35. The average Bonchev–Trinajstić information content (AvgIpc) is 2.80. The Bertz CT molecular complexity index is 829. The molecule has 1 unspecified atom stereocenters. The highest BCUT2D eigenvalue weighted by molar-refractivity contribution is 14.0. The van der Waals surface area contributed by atoms with E-state index in [1.165, 1.54) is 12.1 Å². The van der Waals surface area contributed by atoms with Crippen molar-refractivity contribution in [2.45, 2.75) is 26.1 Å². The second-order valence-corrected chi connectivity index (χ2v) is 7.49. The monoisotopic (exact) mass is 556 g/mol. The second kappa shape index (κ2) is 14.4. The molecule has 6 nitrogen and oxygen atoms in total. The van der Waals surface area contributed by atoms with Crippen LogP contribution in [0.25, 0.3) is 0 Å². The van der Waals surface area contributed by atoms with E-state index in [9.17, 15) is 4.39 Å². The first kappa shape index (κ1) is 26.5. The van der Waals surface area contributed by atoms with Gasteiger partial charge in [-0.05, 0) is 35.7 Å². The van der Waals surface area contributed by atoms with Gasteiger partial charge in [-0.2, -0.15) is 0 Å². The standard InChI is InChI=1S/C24H33FN4O2.HI/c1-3-26-24(27-16-20-6-4-5-7-21(20)18-30-2)28-17-23(29-12-14-31-15-13-29)19-8-10-22(25)11-9-19;/h4-11,23H,3,12-18H2,1-2H3,(H2,26,27,28);1H. The molecule has 2 aromatic carbocycles. The molecule has 1 heterocycles. The molecule has 8 heteroatoms. The van der Waals surface area contributed by atoms with E-state index in [2.05, 4.69) is 34.6 Å². The normalized spacial score (nSPS) is 15.7. The Morgan fingerprint density at radius 2 is 1.78 bits per heavy atom. The molecule has 1 saturated heterocycles. The number of rotatable bonds is 9. The summed E-state index contributed by atoms with van der Waals surface area (Å²) < 4.78 is 24.3. The van der Waals surface area contributed by atoms with Crippen molar-refractivity contribution >= 4 is 29.9 Å². The van der Waals surface area contributed by atoms with Crippen LogP contribution in [-0.2, 0) is 22.6 Å². The number of guanidine groups is 1. The third-order valence-electron chi connectivity index (χ3n) is 5.37. The molecule has 1 aliphatic heterocycles. The third kappa shape index (κ3) is 7.99. The van der Waals surface area contributed by atoms with Crippen molar-refractivity contribution in [3.05, 3.63) is 71.0 Å². The number of ether oxygens (including phenoxy) is 2. The van der Waals surface area contributed by atoms with Gasteiger partial charge in [0.1, 0.15) is 5.82 Å². The lowest BCUT2D eigenvalue weighted by Crippen LogP contribution is -2.46. The van der Waals surface area contributed by atoms with Crippen LogP contribution in [0.5, 0.6) is 0 Å². The molecule has 0 radical (unpaired) electrons. The molecule has 3 rings (SSSR count). The number of hydrogen-bond acceptors (Lipinski definition) is 4. The van der Waals surface area contributed by atoms with Crippen LogP contribution in [0.4, 0.5) is 4.39 Å². The number of nitrogens with one attached hydrogen (secondary N) is 2. The van der Waals surface area contributed by atoms with E-state index in [4.69, 9.17) is 14.5 Å². The van der Waals surface area contributed by atoms with Crippen molar-refractivity contribution < 1.29 is 13.9 Å². The van der Waals surface area contributed by atoms with Gasteiger partial charge in [0.15, 0.2) is 5.96 Å². The van der Waals surface area contributed by atoms with Crippen molar-refractivity contribution in [1.29, 1.82) is 0 Å². The highest BCUT2D eigenvalue weighted by atomic mass is 127. The minimum absolute atomic E-state index is 0. The summed E-state index contributed by atoms with van der Waals surface area (Å²) in [7, 11) is 1.70. The molecule has 0 saturated carbocycles. The van der Waals surface area contributed by atoms with E-state index in [-0.39, 0.29) is 35.8 Å². The molecular formula is C24H34FIN4O2. The van der Waals surface area contributed by atoms with Gasteiger partial charge in [-0.3, -0.25) is 4.90 Å². The molecule has 1 atom stereocenters. The molecule has 0 aromatic heterocycles. The number of morpholine rings is 1. The summed E-state index contributed by atoms with van der Waals surface area (Å²) in [6.07, 6.45) is 0. The van der Waals surface area contributed by atoms with Crippen molar-refractivity contribution in [3.8, 4) is 0 Å². The zero-order chi connectivity index (χ0) is 21.9. The maximum atomic E-state index is 13.5. The Balaban J connectivity index is 0.00000363. The predicted molar refractivity (Wildman–Crippen MR) is 137 cm³/mol. The molecule has 32 heavy (non-hydrogen) atoms. The number of benzene rings is 2. The maximum absolute atomic E-state index is 13.5. The number of hydrogen-bond donors (Lipinski definition) is 2. The van der Waals surface area contributed by atoms with Crippen LogP contribution in [0.2, 0.25) is 0 Å². The Hall–Kier alpha value is -1.75. The summed E-state index contributed by atoms with van der Waals surface area (Å²) >= 11 is 0. The highest BCUT2D eigenvalue weighted by Crippen LogP contribution is 2.21. The number of nitrogens with zero attached hydrogens (tertiary/aromatic N) is 2. The van der Waals surface area contributed by atoms with Gasteiger partial charge < -0.3 is 20.1 Å². The zero-order valence-corrected chi connectivity index (χ0v) is 21.2. The molecule has 176 valence electrons. The van der Waals surface area contributed by atoms with E-state index in [0.717, 1.165) is 42.3 Å². The van der Waals surface area contributed by atoms with Crippen molar-refractivity contribution in [2.75, 3.05) is 46.5 Å². The minimum Gasteiger partial charge on any atom is -0.380 e. The maximum Gasteiger partial charge on any atom is 0.191 e. The van der Waals surface area contributed by atoms with E-state index in [0.29, 0.717) is 32.9 Å². The quantitative estimate of drug-likeness (QED) is 0.280. The SMILES string of the molecule is CCNC(=NCc1ccccc1COC)NCC(c1ccc(F)cc1)N1CCOCC1.I. The lowest BCUT2D eigenvalue weighted by atomic mass is 10.0. The molecular weight excluding hydrogens is 522 g/mol. The van der Waals surface area contributed by atoms with Crippen LogP contribution in [0.1, 0.15) is 29.7 Å². The first-order chi connectivity index (χ1) is 15.2. The van der Waals surface area contributed by atoms with Gasteiger partial charge in [-0.25, -0.2) is 9.38 Å². The molecule has 1 fully saturated rings. The summed E-state index contributed by atoms with van der Waals surface area (Å²) in [4.78, 5) is 7.16. The third-order valence-corrected chi connectivity index (χ3v) is 5.37. The summed E-state index contributed by atoms with van der Waals surface area (Å²) in [6.45, 7) is 7.73. The van der Waals surface area contributed by atoms with Crippen LogP contribution in [0, 0.1) is 5.82 Å². The fraction of sp³-hybridized carbons (Fsp3) is 0.458. The van der Waals surface area contributed by atoms with Gasteiger partial charge in [0, 0.05) is 33.3 Å². The van der Waals surface area contributed by atoms with E-state index < -0.39 is 0 Å². The van der Waals surface area contributed by atoms with Crippen LogP contribution in [0.15, 0.2) is 53.5 Å². The first-order valence-electron chi connectivity index (χ1n) is 10.9. The lowest BCUT2D eigenvalue weighted by molar-refractivity contribution is 0.0170. The first-order valence-corrected chi connectivity index (χ1v) is 10.9. The van der Waals surface area contributed by atoms with Gasteiger partial charge in [0.25, 0.3) is 0 Å². The van der Waals surface area contributed by atoms with Crippen LogP contribution >= 0.6 is 24.0 Å². The predicted octanol–water partition coefficient (Wildman–Crippen LogP) is 3.72. The van der Waals surface area contributed by atoms with Crippen LogP contribution < -0.4 is 10.6 Å². The molecule has 0 bridgehead atoms. The molecule has 0 amide bonds. The molecule has 2 N–H and O–H groups in total. The highest BCUT2D eigenvalue weighted by Gasteiger charge is 2.23. The largest absolute Gasteiger partial charge is 0.380 e. The summed E-state index contributed by atoms with van der Waals surface area (Å²) in [5.74, 6) is 0.539. The Morgan fingerprint density at radius 3 is 2.44 bits per heavy atom. The van der Waals surface area contributed by atoms with E-state index in [1.807, 2.05) is 24.3 Å². The molecule has 0 spiro atoms. The Morgan fingerprint density at radius 1 is 1.09 bits per heavy atom. The summed E-state index contributed by atoms with van der Waals surface area (Å²) in [5.41, 5.74) is 3.36. The van der Waals surface area contributed by atoms with Crippen LogP contribution in [0.3, 0.4) is 0 Å². The van der Waals surface area contributed by atoms with Gasteiger partial charge in [-0.1, -0.05) is 36.4 Å². The van der Waals surface area contributed by atoms with Crippen molar-refractivity contribution in [2.24, 2.45) is 4.99 Å². The topological polar surface area (TPSA) is 58.1 Å². The summed E-state index contributed by atoms with van der Waals surface area (Å²) in [6, 6.07) is 15.1. The smallest absolute Gasteiger partial charge is 0.191 e. The fourth-order valence-corrected chi connectivity index (χ4v) is 3.74. The Labute approximate surface area is 207 Å². The molecule has 0 aliphatic carbocycles. The zero-order valence-electron chi connectivity index (χ0n) is 18.9. The van der Waals surface area contributed by atoms with E-state index >= 15 is 0 Å². The van der Waals surface area contributed by atoms with Crippen molar-refractivity contribution in [3.63, 3.8) is 0 Å². The summed E-state index contributed by atoms with van der Waals surface area (Å²) in [5, 5.41) is 6.81. The molecule has 2 aromatic rings. The van der Waals surface area contributed by atoms with Gasteiger partial charge >= 0.3 is 0 Å². The van der Waals surface area contributed by atoms with Crippen LogP contribution in [-0.4, -0.2) is 57.4 Å². The Kier molecular flexibility index (Phi) is 11.9. The molecule has 1 aliphatic rings. The van der Waals surface area contributed by atoms with Gasteiger partial charge in [-0.15, -0.1) is 24.0 Å². The van der Waals surface area contributed by atoms with Gasteiger partial charge in [0.05, 0.1) is 32.4 Å². The second-order valence-electron chi connectivity index (χ2n) is 7.49. The van der Waals surface area contributed by atoms with Gasteiger partial charge in [0.2, 0.25) is 0 Å². The average molecular weight is 556 g/mol.